The first kappa shape index (κ1) is 16.8. The largest absolute Gasteiger partial charge is 0.272 e. The molecule has 0 aliphatic carbocycles. The van der Waals surface area contributed by atoms with Gasteiger partial charge in [0.2, 0.25) is 5.91 Å². The number of hydrogen-bond donors (Lipinski definition) is 1. The second-order valence-electron chi connectivity index (χ2n) is 4.31. The van der Waals surface area contributed by atoms with Crippen LogP contribution in [0.15, 0.2) is 52.6 Å². The minimum Gasteiger partial charge on any atom is -0.272 e. The number of aromatic nitrogens is 1. The van der Waals surface area contributed by atoms with Gasteiger partial charge in [-0.05, 0) is 37.3 Å². The van der Waals surface area contributed by atoms with Gasteiger partial charge < -0.3 is 0 Å². The van der Waals surface area contributed by atoms with Crippen molar-refractivity contribution in [1.82, 2.24) is 10.4 Å². The average molecular weight is 354 g/mol. The summed E-state index contributed by atoms with van der Waals surface area (Å²) in [4.78, 5) is 16.7. The molecular weight excluding hydrogens is 341 g/mol. The third-order valence-corrected chi connectivity index (χ3v) is 4.37. The standard InChI is InChI=1S/C15H13Cl2N3OS/c1-10(13-4-2-3-7-18-13)19-20-15(21)9-22-14-8-11(16)5-6-12(14)17/h2-8H,9H2,1H3,(H,20,21)/b19-10-. The van der Waals surface area contributed by atoms with Crippen LogP contribution in [-0.2, 0) is 4.79 Å². The van der Waals surface area contributed by atoms with Crippen molar-refractivity contribution in [2.24, 2.45) is 5.10 Å². The van der Waals surface area contributed by atoms with E-state index >= 15 is 0 Å². The highest BCUT2D eigenvalue weighted by molar-refractivity contribution is 8.00. The average Bonchev–Trinajstić information content (AvgIpc) is 2.54. The third-order valence-electron chi connectivity index (χ3n) is 2.64. The summed E-state index contributed by atoms with van der Waals surface area (Å²) < 4.78 is 0. The molecule has 1 N–H and O–H groups in total. The van der Waals surface area contributed by atoms with Gasteiger partial charge in [-0.15, -0.1) is 11.8 Å². The van der Waals surface area contributed by atoms with E-state index < -0.39 is 0 Å². The molecule has 7 heteroatoms. The summed E-state index contributed by atoms with van der Waals surface area (Å²) in [5.41, 5.74) is 3.85. The van der Waals surface area contributed by atoms with E-state index in [0.717, 1.165) is 4.90 Å². The molecular formula is C15H13Cl2N3OS. The number of benzene rings is 1. The maximum atomic E-state index is 11.8. The van der Waals surface area contributed by atoms with Crippen LogP contribution < -0.4 is 5.43 Å². The normalized spacial score (nSPS) is 11.3. The van der Waals surface area contributed by atoms with E-state index in [9.17, 15) is 4.79 Å². The number of nitrogens with one attached hydrogen (secondary N) is 1. The molecule has 1 amide bonds. The Morgan fingerprint density at radius 1 is 1.32 bits per heavy atom. The van der Waals surface area contributed by atoms with Crippen molar-refractivity contribution in [3.05, 3.63) is 58.3 Å². The van der Waals surface area contributed by atoms with E-state index in [1.165, 1.54) is 11.8 Å². The van der Waals surface area contributed by atoms with Crippen molar-refractivity contribution in [1.29, 1.82) is 0 Å². The minimum atomic E-state index is -0.226. The summed E-state index contributed by atoms with van der Waals surface area (Å²) in [6.45, 7) is 1.78. The molecule has 114 valence electrons. The molecule has 0 aliphatic rings. The molecule has 1 heterocycles. The Kier molecular flexibility index (Phi) is 6.24. The first-order chi connectivity index (χ1) is 10.6. The van der Waals surface area contributed by atoms with Crippen LogP contribution >= 0.6 is 35.0 Å². The lowest BCUT2D eigenvalue weighted by Crippen LogP contribution is -2.21. The van der Waals surface area contributed by atoms with E-state index in [1.54, 1.807) is 31.3 Å². The maximum absolute atomic E-state index is 11.8. The van der Waals surface area contributed by atoms with Gasteiger partial charge in [0.05, 0.1) is 22.2 Å². The Labute approximate surface area is 142 Å². The molecule has 0 spiro atoms. The van der Waals surface area contributed by atoms with Crippen LogP contribution in [0.25, 0.3) is 0 Å². The van der Waals surface area contributed by atoms with Gasteiger partial charge in [-0.3, -0.25) is 9.78 Å². The van der Waals surface area contributed by atoms with Gasteiger partial charge in [-0.2, -0.15) is 5.10 Å². The number of hydrazone groups is 1. The van der Waals surface area contributed by atoms with Gasteiger partial charge in [-0.1, -0.05) is 29.3 Å². The quantitative estimate of drug-likeness (QED) is 0.501. The summed E-state index contributed by atoms with van der Waals surface area (Å²) in [6, 6.07) is 10.6. The van der Waals surface area contributed by atoms with Crippen LogP contribution in [0, 0.1) is 0 Å². The van der Waals surface area contributed by atoms with Crippen LogP contribution in [0.5, 0.6) is 0 Å². The van der Waals surface area contributed by atoms with Crippen molar-refractivity contribution in [2.45, 2.75) is 11.8 Å². The van der Waals surface area contributed by atoms with E-state index in [0.29, 0.717) is 21.5 Å². The lowest BCUT2D eigenvalue weighted by atomic mass is 10.3. The fourth-order valence-corrected chi connectivity index (χ4v) is 2.83. The Morgan fingerprint density at radius 2 is 2.14 bits per heavy atom. The van der Waals surface area contributed by atoms with E-state index in [-0.39, 0.29) is 11.7 Å². The third kappa shape index (κ3) is 5.02. The van der Waals surface area contributed by atoms with Crippen LogP contribution in [0.2, 0.25) is 10.0 Å². The molecule has 1 aromatic heterocycles. The zero-order chi connectivity index (χ0) is 15.9. The lowest BCUT2D eigenvalue weighted by Gasteiger charge is -2.05. The van der Waals surface area contributed by atoms with Gasteiger partial charge in [0.1, 0.15) is 0 Å². The Hall–Kier alpha value is -1.56. The number of pyridine rings is 1. The summed E-state index contributed by atoms with van der Waals surface area (Å²) >= 11 is 13.2. The molecule has 2 aromatic rings. The number of nitrogens with zero attached hydrogens (tertiary/aromatic N) is 2. The van der Waals surface area contributed by atoms with Gasteiger partial charge >= 0.3 is 0 Å². The number of halogens is 2. The molecule has 4 nitrogen and oxygen atoms in total. The Morgan fingerprint density at radius 3 is 2.86 bits per heavy atom. The summed E-state index contributed by atoms with van der Waals surface area (Å²) in [5.74, 6) is -0.0321. The van der Waals surface area contributed by atoms with Crippen LogP contribution in [0.1, 0.15) is 12.6 Å². The van der Waals surface area contributed by atoms with Crippen molar-refractivity contribution in [3.63, 3.8) is 0 Å². The first-order valence-electron chi connectivity index (χ1n) is 6.38. The Bertz CT molecular complexity index is 692. The number of rotatable bonds is 5. The highest BCUT2D eigenvalue weighted by Gasteiger charge is 2.06. The molecule has 2 rings (SSSR count). The Balaban J connectivity index is 1.89. The first-order valence-corrected chi connectivity index (χ1v) is 8.13. The molecule has 0 bridgehead atoms. The number of thioether (sulfide) groups is 1. The molecule has 0 fully saturated rings. The SMILES string of the molecule is C/C(=N/NC(=O)CSc1cc(Cl)ccc1Cl)c1ccccn1. The fraction of sp³-hybridized carbons (Fsp3) is 0.133. The fourth-order valence-electron chi connectivity index (χ4n) is 1.54. The van der Waals surface area contributed by atoms with Gasteiger partial charge in [0, 0.05) is 16.1 Å². The zero-order valence-electron chi connectivity index (χ0n) is 11.7. The molecule has 0 aliphatic heterocycles. The molecule has 1 aromatic carbocycles. The molecule has 0 unspecified atom stereocenters. The van der Waals surface area contributed by atoms with Crippen LogP contribution in [0.3, 0.4) is 0 Å². The molecule has 0 saturated carbocycles. The van der Waals surface area contributed by atoms with E-state index in [4.69, 9.17) is 23.2 Å². The minimum absolute atomic E-state index is 0.194. The highest BCUT2D eigenvalue weighted by atomic mass is 35.5. The number of hydrogen-bond acceptors (Lipinski definition) is 4. The molecule has 0 atom stereocenters. The number of carbonyl (C=O) groups excluding carboxylic acids is 1. The molecule has 0 radical (unpaired) electrons. The van der Waals surface area contributed by atoms with Crippen molar-refractivity contribution in [2.75, 3.05) is 5.75 Å². The second kappa shape index (κ2) is 8.17. The predicted octanol–water partition coefficient (Wildman–Crippen LogP) is 4.02. The lowest BCUT2D eigenvalue weighted by molar-refractivity contribution is -0.118. The van der Waals surface area contributed by atoms with Crippen molar-refractivity contribution >= 4 is 46.6 Å². The summed E-state index contributed by atoms with van der Waals surface area (Å²) in [7, 11) is 0. The highest BCUT2D eigenvalue weighted by Crippen LogP contribution is 2.29. The van der Waals surface area contributed by atoms with Crippen molar-refractivity contribution < 1.29 is 4.79 Å². The van der Waals surface area contributed by atoms with E-state index in [1.807, 2.05) is 18.2 Å². The molecule has 22 heavy (non-hydrogen) atoms. The zero-order valence-corrected chi connectivity index (χ0v) is 14.0. The van der Waals surface area contributed by atoms with Gasteiger partial charge in [-0.25, -0.2) is 5.43 Å². The smallest absolute Gasteiger partial charge is 0.250 e. The number of amides is 1. The monoisotopic (exact) mass is 353 g/mol. The summed E-state index contributed by atoms with van der Waals surface area (Å²) in [6.07, 6.45) is 1.67. The van der Waals surface area contributed by atoms with Crippen LogP contribution in [-0.4, -0.2) is 22.4 Å². The number of carbonyl (C=O) groups is 1. The van der Waals surface area contributed by atoms with E-state index in [2.05, 4.69) is 15.5 Å². The van der Waals surface area contributed by atoms with Crippen molar-refractivity contribution in [3.8, 4) is 0 Å². The second-order valence-corrected chi connectivity index (χ2v) is 6.17. The summed E-state index contributed by atoms with van der Waals surface area (Å²) in [5, 5.41) is 5.17. The maximum Gasteiger partial charge on any atom is 0.250 e. The van der Waals surface area contributed by atoms with Gasteiger partial charge in [0.25, 0.3) is 0 Å². The van der Waals surface area contributed by atoms with Gasteiger partial charge in [0.15, 0.2) is 0 Å². The molecule has 0 saturated heterocycles. The predicted molar refractivity (Wildman–Crippen MR) is 91.8 cm³/mol. The topological polar surface area (TPSA) is 54.4 Å². The van der Waals surface area contributed by atoms with Crippen LogP contribution in [0.4, 0.5) is 0 Å².